The molecule has 3 N–H and O–H groups in total. The predicted molar refractivity (Wildman–Crippen MR) is 69.8 cm³/mol. The van der Waals surface area contributed by atoms with Gasteiger partial charge in [0, 0.05) is 64.5 Å². The third-order valence-electron chi connectivity index (χ3n) is 4.20. The Kier molecular flexibility index (Phi) is 3.34. The number of aryl methyl sites for hydroxylation is 1. The number of hydrogen-bond donors (Lipinski definition) is 2. The van der Waals surface area contributed by atoms with Crippen molar-refractivity contribution in [2.75, 3.05) is 32.7 Å². The molecule has 100 valence electrons. The van der Waals surface area contributed by atoms with E-state index in [9.17, 15) is 0 Å². The van der Waals surface area contributed by atoms with E-state index in [0.29, 0.717) is 6.04 Å². The van der Waals surface area contributed by atoms with Gasteiger partial charge in [-0.1, -0.05) is 0 Å². The SMILES string of the molecule is Cn1ccc(CC(NN)C2CN3CCN2CC3)n1. The Balaban J connectivity index is 1.68. The summed E-state index contributed by atoms with van der Waals surface area (Å²) < 4.78 is 1.85. The molecular weight excluding hydrogens is 228 g/mol. The van der Waals surface area contributed by atoms with Gasteiger partial charge in [0.2, 0.25) is 0 Å². The van der Waals surface area contributed by atoms with Crippen LogP contribution >= 0.6 is 0 Å². The minimum atomic E-state index is 0.281. The van der Waals surface area contributed by atoms with Crippen LogP contribution in [0.2, 0.25) is 0 Å². The van der Waals surface area contributed by atoms with Crippen LogP contribution in [0, 0.1) is 0 Å². The highest BCUT2D eigenvalue weighted by Crippen LogP contribution is 2.19. The first-order chi connectivity index (χ1) is 8.76. The summed E-state index contributed by atoms with van der Waals surface area (Å²) in [6.07, 6.45) is 2.88. The zero-order valence-corrected chi connectivity index (χ0v) is 10.9. The van der Waals surface area contributed by atoms with E-state index in [0.717, 1.165) is 18.7 Å². The number of fused-ring (bicyclic) bond motifs is 3. The molecule has 2 bridgehead atoms. The summed E-state index contributed by atoms with van der Waals surface area (Å²) in [4.78, 5) is 5.10. The fourth-order valence-electron chi connectivity index (χ4n) is 3.14. The van der Waals surface area contributed by atoms with Gasteiger partial charge >= 0.3 is 0 Å². The fourth-order valence-corrected chi connectivity index (χ4v) is 3.14. The summed E-state index contributed by atoms with van der Waals surface area (Å²) in [5.74, 6) is 5.76. The van der Waals surface area contributed by atoms with Gasteiger partial charge < -0.3 is 0 Å². The summed E-state index contributed by atoms with van der Waals surface area (Å²) in [5.41, 5.74) is 4.11. The average Bonchev–Trinajstić information content (AvgIpc) is 2.83. The molecule has 3 aliphatic heterocycles. The van der Waals surface area contributed by atoms with Crippen molar-refractivity contribution < 1.29 is 0 Å². The normalized spacial score (nSPS) is 32.7. The zero-order chi connectivity index (χ0) is 12.5. The van der Waals surface area contributed by atoms with Crippen molar-refractivity contribution >= 4 is 0 Å². The molecule has 3 saturated heterocycles. The number of rotatable bonds is 4. The van der Waals surface area contributed by atoms with Gasteiger partial charge in [-0.25, -0.2) is 0 Å². The maximum atomic E-state index is 5.76. The van der Waals surface area contributed by atoms with E-state index in [-0.39, 0.29) is 6.04 Å². The lowest BCUT2D eigenvalue weighted by Gasteiger charge is -2.50. The average molecular weight is 250 g/mol. The lowest BCUT2D eigenvalue weighted by molar-refractivity contribution is -0.00329. The number of hydrogen-bond acceptors (Lipinski definition) is 5. The Morgan fingerprint density at radius 1 is 1.44 bits per heavy atom. The predicted octanol–water partition coefficient (Wildman–Crippen LogP) is -1.21. The second-order valence-electron chi connectivity index (χ2n) is 5.36. The number of nitrogens with one attached hydrogen (secondary N) is 1. The van der Waals surface area contributed by atoms with Crippen molar-refractivity contribution in [3.05, 3.63) is 18.0 Å². The molecule has 0 saturated carbocycles. The van der Waals surface area contributed by atoms with Crippen LogP contribution in [0.1, 0.15) is 5.69 Å². The molecule has 0 aromatic carbocycles. The lowest BCUT2D eigenvalue weighted by atomic mass is 9.97. The molecule has 2 unspecified atom stereocenters. The van der Waals surface area contributed by atoms with Gasteiger partial charge in [-0.2, -0.15) is 5.10 Å². The molecule has 3 fully saturated rings. The molecule has 0 radical (unpaired) electrons. The van der Waals surface area contributed by atoms with E-state index >= 15 is 0 Å². The van der Waals surface area contributed by atoms with Gasteiger partial charge in [-0.05, 0) is 6.07 Å². The Labute approximate surface area is 108 Å². The van der Waals surface area contributed by atoms with Crippen LogP contribution in [0.15, 0.2) is 12.3 Å². The van der Waals surface area contributed by atoms with Crippen LogP contribution < -0.4 is 11.3 Å². The van der Waals surface area contributed by atoms with Gasteiger partial charge in [0.25, 0.3) is 0 Å². The largest absolute Gasteiger partial charge is 0.299 e. The minimum absolute atomic E-state index is 0.281. The molecule has 4 heterocycles. The Bertz CT molecular complexity index is 395. The first-order valence-electron chi connectivity index (χ1n) is 6.67. The van der Waals surface area contributed by atoms with E-state index in [1.807, 2.05) is 17.9 Å². The van der Waals surface area contributed by atoms with Crippen LogP contribution in [0.5, 0.6) is 0 Å². The van der Waals surface area contributed by atoms with Gasteiger partial charge in [-0.15, -0.1) is 0 Å². The van der Waals surface area contributed by atoms with Crippen LogP contribution in [0.3, 0.4) is 0 Å². The fraction of sp³-hybridized carbons (Fsp3) is 0.750. The third kappa shape index (κ3) is 2.29. The van der Waals surface area contributed by atoms with Crippen molar-refractivity contribution in [2.45, 2.75) is 18.5 Å². The van der Waals surface area contributed by atoms with E-state index in [1.165, 1.54) is 26.2 Å². The van der Waals surface area contributed by atoms with Crippen molar-refractivity contribution in [1.82, 2.24) is 25.0 Å². The van der Waals surface area contributed by atoms with E-state index < -0.39 is 0 Å². The summed E-state index contributed by atoms with van der Waals surface area (Å²) >= 11 is 0. The van der Waals surface area contributed by atoms with Crippen LogP contribution in [-0.2, 0) is 13.5 Å². The van der Waals surface area contributed by atoms with Crippen molar-refractivity contribution in [3.8, 4) is 0 Å². The minimum Gasteiger partial charge on any atom is -0.299 e. The number of hydrazine groups is 1. The monoisotopic (exact) mass is 250 g/mol. The maximum Gasteiger partial charge on any atom is 0.0641 e. The maximum absolute atomic E-state index is 5.76. The number of nitrogens with zero attached hydrogens (tertiary/aromatic N) is 4. The first-order valence-corrected chi connectivity index (χ1v) is 6.67. The molecule has 4 rings (SSSR count). The highest BCUT2D eigenvalue weighted by molar-refractivity contribution is 5.05. The van der Waals surface area contributed by atoms with Gasteiger partial charge in [-0.3, -0.25) is 25.8 Å². The quantitative estimate of drug-likeness (QED) is 0.519. The molecule has 18 heavy (non-hydrogen) atoms. The first kappa shape index (κ1) is 12.1. The zero-order valence-electron chi connectivity index (χ0n) is 10.9. The summed E-state index contributed by atoms with van der Waals surface area (Å²) in [6.45, 7) is 5.88. The molecule has 1 aromatic heterocycles. The smallest absolute Gasteiger partial charge is 0.0641 e. The van der Waals surface area contributed by atoms with Crippen LogP contribution in [0.25, 0.3) is 0 Å². The number of piperazine rings is 3. The topological polar surface area (TPSA) is 62.4 Å². The number of nitrogens with two attached hydrogens (primary N) is 1. The molecule has 0 spiro atoms. The molecule has 6 nitrogen and oxygen atoms in total. The van der Waals surface area contributed by atoms with E-state index in [4.69, 9.17) is 5.84 Å². The molecule has 6 heteroatoms. The summed E-state index contributed by atoms with van der Waals surface area (Å²) in [5, 5.41) is 4.44. The molecule has 1 aromatic rings. The molecular formula is C12H22N6. The van der Waals surface area contributed by atoms with Crippen molar-refractivity contribution in [2.24, 2.45) is 12.9 Å². The standard InChI is InChI=1S/C12H22N6/c1-16-3-2-10(15-16)8-11(14-13)12-9-17-4-6-18(12)7-5-17/h2-3,11-12,14H,4-9,13H2,1H3. The van der Waals surface area contributed by atoms with Gasteiger partial charge in [0.1, 0.15) is 0 Å². The second-order valence-corrected chi connectivity index (χ2v) is 5.36. The van der Waals surface area contributed by atoms with E-state index in [1.54, 1.807) is 0 Å². The Morgan fingerprint density at radius 3 is 2.72 bits per heavy atom. The molecule has 0 aliphatic carbocycles. The Hall–Kier alpha value is -0.950. The van der Waals surface area contributed by atoms with Crippen molar-refractivity contribution in [1.29, 1.82) is 0 Å². The highest BCUT2D eigenvalue weighted by Gasteiger charge is 2.36. The highest BCUT2D eigenvalue weighted by atomic mass is 15.4. The number of aromatic nitrogens is 2. The van der Waals surface area contributed by atoms with Crippen molar-refractivity contribution in [3.63, 3.8) is 0 Å². The van der Waals surface area contributed by atoms with E-state index in [2.05, 4.69) is 26.4 Å². The van der Waals surface area contributed by atoms with Crippen LogP contribution in [0.4, 0.5) is 0 Å². The molecule has 0 amide bonds. The van der Waals surface area contributed by atoms with Gasteiger partial charge in [0.15, 0.2) is 0 Å². The Morgan fingerprint density at radius 2 is 2.22 bits per heavy atom. The third-order valence-corrected chi connectivity index (χ3v) is 4.20. The molecule has 3 aliphatic rings. The van der Waals surface area contributed by atoms with Gasteiger partial charge in [0.05, 0.1) is 5.69 Å². The summed E-state index contributed by atoms with van der Waals surface area (Å²) in [7, 11) is 1.95. The van der Waals surface area contributed by atoms with Crippen LogP contribution in [-0.4, -0.2) is 64.4 Å². The second kappa shape index (κ2) is 4.97. The summed E-state index contributed by atoms with van der Waals surface area (Å²) in [6, 6.07) is 2.86. The lowest BCUT2D eigenvalue weighted by Crippen LogP contribution is -2.67. The molecule has 2 atom stereocenters.